The van der Waals surface area contributed by atoms with E-state index in [2.05, 4.69) is 13.8 Å². The Labute approximate surface area is 288 Å². The fourth-order valence-electron chi connectivity index (χ4n) is 5.58. The Bertz CT molecular complexity index is 754. The van der Waals surface area contributed by atoms with Gasteiger partial charge in [-0.2, -0.15) is 0 Å². The lowest BCUT2D eigenvalue weighted by Crippen LogP contribution is -2.29. The molecule has 0 heterocycles. The quantitative estimate of drug-likeness (QED) is 0.0371. The van der Waals surface area contributed by atoms with Crippen LogP contribution in [0, 0.1) is 0 Å². The van der Waals surface area contributed by atoms with E-state index in [1.807, 2.05) is 0 Å². The summed E-state index contributed by atoms with van der Waals surface area (Å²) in [4.78, 5) is 34.6. The van der Waals surface area contributed by atoms with E-state index in [9.17, 15) is 19.0 Å². The van der Waals surface area contributed by atoms with E-state index < -0.39 is 26.5 Å². The Kier molecular flexibility index (Phi) is 34.1. The Hall–Kier alpha value is -0.990. The van der Waals surface area contributed by atoms with Gasteiger partial charge < -0.3 is 20.1 Å². The number of nitrogens with two attached hydrogens (primary N) is 1. The molecule has 0 aromatic heterocycles. The van der Waals surface area contributed by atoms with Crippen molar-refractivity contribution in [1.29, 1.82) is 0 Å². The summed E-state index contributed by atoms with van der Waals surface area (Å²) in [5.41, 5.74) is 5.33. The summed E-state index contributed by atoms with van der Waals surface area (Å²) in [6, 6.07) is 0. The molecule has 0 radical (unpaired) electrons. The predicted molar refractivity (Wildman–Crippen MR) is 192 cm³/mol. The lowest BCUT2D eigenvalue weighted by Gasteiger charge is -2.19. The van der Waals surface area contributed by atoms with Crippen molar-refractivity contribution in [3.63, 3.8) is 0 Å². The average Bonchev–Trinajstić information content (AvgIpc) is 3.05. The maximum Gasteiger partial charge on any atom is 0.472 e. The number of unbranched alkanes of at least 4 members (excludes halogenated alkanes) is 24. The molecule has 0 amide bonds. The zero-order chi connectivity index (χ0) is 34.7. The Morgan fingerprint density at radius 2 is 0.915 bits per heavy atom. The molecule has 0 fully saturated rings. The molecule has 47 heavy (non-hydrogen) atoms. The maximum absolute atomic E-state index is 12.5. The van der Waals surface area contributed by atoms with Gasteiger partial charge in [-0.25, -0.2) is 4.57 Å². The van der Waals surface area contributed by atoms with Crippen molar-refractivity contribution >= 4 is 19.8 Å². The Balaban J connectivity index is 4.15. The van der Waals surface area contributed by atoms with Crippen molar-refractivity contribution in [2.24, 2.45) is 5.73 Å². The number of carbonyl (C=O) groups is 2. The van der Waals surface area contributed by atoms with Gasteiger partial charge in [0.05, 0.1) is 13.2 Å². The normalized spacial score (nSPS) is 13.4. The number of hydrogen-bond acceptors (Lipinski definition) is 8. The van der Waals surface area contributed by atoms with Crippen LogP contribution >= 0.6 is 7.82 Å². The molecule has 3 N–H and O–H groups in total. The minimum Gasteiger partial charge on any atom is -0.462 e. The standard InChI is InChI=1S/C37H74NO8P/c1-3-5-7-9-11-13-15-16-17-18-19-20-22-24-26-28-30-37(40)46-35(34-45-47(41,42)44-32-31-38)33-43-36(39)29-27-25-23-21-14-12-10-8-6-4-2/h35H,3-34,38H2,1-2H3,(H,41,42). The molecule has 9 nitrogen and oxygen atoms in total. The van der Waals surface area contributed by atoms with Crippen molar-refractivity contribution < 1.29 is 37.6 Å². The summed E-state index contributed by atoms with van der Waals surface area (Å²) < 4.78 is 32.6. The molecule has 0 saturated heterocycles. The van der Waals surface area contributed by atoms with Gasteiger partial charge in [0, 0.05) is 19.4 Å². The van der Waals surface area contributed by atoms with E-state index in [-0.39, 0.29) is 38.6 Å². The summed E-state index contributed by atoms with van der Waals surface area (Å²) >= 11 is 0. The summed E-state index contributed by atoms with van der Waals surface area (Å²) in [5, 5.41) is 0. The second-order valence-electron chi connectivity index (χ2n) is 13.2. The van der Waals surface area contributed by atoms with Gasteiger partial charge in [-0.05, 0) is 12.8 Å². The van der Waals surface area contributed by atoms with Gasteiger partial charge in [-0.1, -0.05) is 168 Å². The summed E-state index contributed by atoms with van der Waals surface area (Å²) in [5.74, 6) is -0.819. The van der Waals surface area contributed by atoms with Crippen LogP contribution in [0.15, 0.2) is 0 Å². The maximum atomic E-state index is 12.5. The number of hydrogen-bond donors (Lipinski definition) is 2. The average molecular weight is 692 g/mol. The third kappa shape index (κ3) is 34.7. The fourth-order valence-corrected chi connectivity index (χ4v) is 6.34. The SMILES string of the molecule is CCCCCCCCCCCCCCCCCCC(=O)OC(COC(=O)CCCCCCCCCCCC)COP(=O)(O)OCCN. The van der Waals surface area contributed by atoms with Crippen LogP contribution in [0.3, 0.4) is 0 Å². The molecular weight excluding hydrogens is 617 g/mol. The number of phosphoric acid groups is 1. The molecule has 0 aliphatic heterocycles. The van der Waals surface area contributed by atoms with Crippen LogP contribution in [0.4, 0.5) is 0 Å². The van der Waals surface area contributed by atoms with E-state index in [1.54, 1.807) is 0 Å². The number of esters is 2. The molecule has 0 aliphatic carbocycles. The summed E-state index contributed by atoms with van der Waals surface area (Å²) in [6.07, 6.45) is 31.3. The third-order valence-corrected chi connectivity index (χ3v) is 9.48. The van der Waals surface area contributed by atoms with Crippen molar-refractivity contribution in [3.05, 3.63) is 0 Å². The van der Waals surface area contributed by atoms with Crippen LogP contribution in [0.25, 0.3) is 0 Å². The highest BCUT2D eigenvalue weighted by Gasteiger charge is 2.26. The molecule has 0 spiro atoms. The lowest BCUT2D eigenvalue weighted by molar-refractivity contribution is -0.161. The van der Waals surface area contributed by atoms with Crippen LogP contribution in [-0.2, 0) is 32.7 Å². The van der Waals surface area contributed by atoms with Crippen LogP contribution < -0.4 is 5.73 Å². The largest absolute Gasteiger partial charge is 0.472 e. The van der Waals surface area contributed by atoms with Gasteiger partial charge in [-0.3, -0.25) is 18.6 Å². The summed E-state index contributed by atoms with van der Waals surface area (Å²) in [7, 11) is -4.36. The minimum atomic E-state index is -4.36. The van der Waals surface area contributed by atoms with E-state index in [4.69, 9.17) is 24.3 Å². The fraction of sp³-hybridized carbons (Fsp3) is 0.946. The van der Waals surface area contributed by atoms with Gasteiger partial charge in [0.25, 0.3) is 0 Å². The number of ether oxygens (including phenoxy) is 2. The first-order valence-corrected chi connectivity index (χ1v) is 21.0. The zero-order valence-corrected chi connectivity index (χ0v) is 31.4. The first kappa shape index (κ1) is 46.0. The van der Waals surface area contributed by atoms with Crippen LogP contribution in [0.1, 0.15) is 194 Å². The first-order valence-electron chi connectivity index (χ1n) is 19.5. The van der Waals surface area contributed by atoms with Gasteiger partial charge >= 0.3 is 19.8 Å². The first-order chi connectivity index (χ1) is 22.8. The molecule has 0 aliphatic rings. The van der Waals surface area contributed by atoms with Crippen molar-refractivity contribution in [2.45, 2.75) is 200 Å². The minimum absolute atomic E-state index is 0.0577. The molecule has 0 aromatic carbocycles. The van der Waals surface area contributed by atoms with E-state index in [0.29, 0.717) is 6.42 Å². The molecule has 10 heteroatoms. The van der Waals surface area contributed by atoms with Crippen LogP contribution in [-0.4, -0.2) is 49.3 Å². The van der Waals surface area contributed by atoms with Crippen LogP contribution in [0.5, 0.6) is 0 Å². The highest BCUT2D eigenvalue weighted by molar-refractivity contribution is 7.47. The second-order valence-corrected chi connectivity index (χ2v) is 14.6. The molecule has 0 aromatic rings. The van der Waals surface area contributed by atoms with Gasteiger partial charge in [0.2, 0.25) is 0 Å². The highest BCUT2D eigenvalue weighted by atomic mass is 31.2. The predicted octanol–water partition coefficient (Wildman–Crippen LogP) is 10.5. The van der Waals surface area contributed by atoms with Crippen molar-refractivity contribution in [1.82, 2.24) is 0 Å². The van der Waals surface area contributed by atoms with E-state index in [1.165, 1.54) is 128 Å². The second kappa shape index (κ2) is 34.9. The zero-order valence-electron chi connectivity index (χ0n) is 30.5. The lowest BCUT2D eigenvalue weighted by atomic mass is 10.0. The molecule has 0 rings (SSSR count). The Morgan fingerprint density at radius 3 is 1.30 bits per heavy atom. The topological polar surface area (TPSA) is 134 Å². The highest BCUT2D eigenvalue weighted by Crippen LogP contribution is 2.43. The Morgan fingerprint density at radius 1 is 0.553 bits per heavy atom. The van der Waals surface area contributed by atoms with Gasteiger partial charge in [-0.15, -0.1) is 0 Å². The molecule has 280 valence electrons. The van der Waals surface area contributed by atoms with Crippen LogP contribution in [0.2, 0.25) is 0 Å². The molecule has 0 bridgehead atoms. The van der Waals surface area contributed by atoms with Gasteiger partial charge in [0.1, 0.15) is 6.61 Å². The third-order valence-electron chi connectivity index (χ3n) is 8.49. The number of carbonyl (C=O) groups excluding carboxylic acids is 2. The number of rotatable bonds is 37. The van der Waals surface area contributed by atoms with Crippen molar-refractivity contribution in [2.75, 3.05) is 26.4 Å². The van der Waals surface area contributed by atoms with Gasteiger partial charge in [0.15, 0.2) is 6.10 Å². The molecular formula is C37H74NO8P. The number of phosphoric ester groups is 1. The monoisotopic (exact) mass is 692 g/mol. The van der Waals surface area contributed by atoms with E-state index >= 15 is 0 Å². The smallest absolute Gasteiger partial charge is 0.462 e. The molecule has 0 saturated carbocycles. The van der Waals surface area contributed by atoms with E-state index in [0.717, 1.165) is 32.1 Å². The molecule has 2 unspecified atom stereocenters. The molecule has 2 atom stereocenters. The van der Waals surface area contributed by atoms with Crippen molar-refractivity contribution in [3.8, 4) is 0 Å². The summed E-state index contributed by atoms with van der Waals surface area (Å²) in [6.45, 7) is 3.73.